The van der Waals surface area contributed by atoms with Gasteiger partial charge in [0.1, 0.15) is 17.4 Å². The molecule has 36 heavy (non-hydrogen) atoms. The molecule has 3 heterocycles. The second kappa shape index (κ2) is 9.80. The molecule has 1 atom stereocenters. The van der Waals surface area contributed by atoms with E-state index in [2.05, 4.69) is 5.10 Å². The summed E-state index contributed by atoms with van der Waals surface area (Å²) in [6.45, 7) is 3.24. The summed E-state index contributed by atoms with van der Waals surface area (Å²) in [6, 6.07) is 13.5. The molecule has 1 aliphatic heterocycles. The standard InChI is InChI=1S/C26H27FN6O3/c1-3-36-25(34)17-7-5-13-32(15-17)26-29-22(16-6-4-8-18(27)14-16)21-23(28)33(31-24(21)30-26)19-9-11-20(35-2)12-10-19/h4,6,8-12,14,17H,3,5,7,13,15,28H2,1-2H3/t17-/m1/s1. The van der Waals surface area contributed by atoms with Crippen LogP contribution in [-0.4, -0.2) is 52.5 Å². The Kier molecular flexibility index (Phi) is 6.41. The van der Waals surface area contributed by atoms with E-state index >= 15 is 0 Å². The van der Waals surface area contributed by atoms with Crippen molar-refractivity contribution in [1.29, 1.82) is 0 Å². The number of hydrogen-bond donors (Lipinski definition) is 1. The van der Waals surface area contributed by atoms with Crippen LogP contribution in [0.5, 0.6) is 5.75 Å². The van der Waals surface area contributed by atoms with Gasteiger partial charge in [0.25, 0.3) is 0 Å². The molecule has 2 aromatic carbocycles. The topological polar surface area (TPSA) is 108 Å². The second-order valence-corrected chi connectivity index (χ2v) is 8.61. The Morgan fingerprint density at radius 3 is 2.72 bits per heavy atom. The van der Waals surface area contributed by atoms with E-state index in [9.17, 15) is 9.18 Å². The summed E-state index contributed by atoms with van der Waals surface area (Å²) in [6.07, 6.45) is 1.54. The molecule has 5 rings (SSSR count). The lowest BCUT2D eigenvalue weighted by Crippen LogP contribution is -2.40. The van der Waals surface area contributed by atoms with Crippen molar-refractivity contribution in [1.82, 2.24) is 19.7 Å². The highest BCUT2D eigenvalue weighted by atomic mass is 19.1. The van der Waals surface area contributed by atoms with Crippen molar-refractivity contribution < 1.29 is 18.7 Å². The summed E-state index contributed by atoms with van der Waals surface area (Å²) in [4.78, 5) is 23.9. The molecule has 1 fully saturated rings. The van der Waals surface area contributed by atoms with Crippen molar-refractivity contribution in [3.05, 3.63) is 54.3 Å². The molecule has 186 valence electrons. The minimum absolute atomic E-state index is 0.221. The van der Waals surface area contributed by atoms with Crippen LogP contribution in [0.1, 0.15) is 19.8 Å². The number of nitrogens with zero attached hydrogens (tertiary/aromatic N) is 5. The Hall–Kier alpha value is -4.21. The minimum atomic E-state index is -0.387. The van der Waals surface area contributed by atoms with E-state index in [4.69, 9.17) is 25.2 Å². The van der Waals surface area contributed by atoms with Gasteiger partial charge in [0.2, 0.25) is 5.95 Å². The molecule has 0 saturated carbocycles. The monoisotopic (exact) mass is 490 g/mol. The molecule has 0 spiro atoms. The normalized spacial score (nSPS) is 15.8. The quantitative estimate of drug-likeness (QED) is 0.404. The summed E-state index contributed by atoms with van der Waals surface area (Å²) < 4.78 is 26.3. The molecule has 1 saturated heterocycles. The van der Waals surface area contributed by atoms with Gasteiger partial charge in [0.15, 0.2) is 5.65 Å². The number of ether oxygens (including phenoxy) is 2. The largest absolute Gasteiger partial charge is 0.497 e. The third kappa shape index (κ3) is 4.41. The Balaban J connectivity index is 1.63. The molecular formula is C26H27FN6O3. The smallest absolute Gasteiger partial charge is 0.310 e. The van der Waals surface area contributed by atoms with Crippen LogP contribution < -0.4 is 15.4 Å². The van der Waals surface area contributed by atoms with E-state index in [1.807, 2.05) is 29.2 Å². The molecule has 0 amide bonds. The van der Waals surface area contributed by atoms with Gasteiger partial charge in [-0.25, -0.2) is 14.1 Å². The number of nitrogens with two attached hydrogens (primary N) is 1. The van der Waals surface area contributed by atoms with Crippen LogP contribution in [0.4, 0.5) is 16.2 Å². The zero-order chi connectivity index (χ0) is 25.2. The lowest BCUT2D eigenvalue weighted by Gasteiger charge is -2.31. The van der Waals surface area contributed by atoms with Crippen molar-refractivity contribution in [2.75, 3.05) is 37.4 Å². The lowest BCUT2D eigenvalue weighted by atomic mass is 9.98. The Bertz CT molecular complexity index is 1410. The van der Waals surface area contributed by atoms with Gasteiger partial charge in [-0.05, 0) is 56.2 Å². The number of carbonyl (C=O) groups excluding carboxylic acids is 1. The van der Waals surface area contributed by atoms with E-state index in [-0.39, 0.29) is 17.7 Å². The Labute approximate surface area is 207 Å². The van der Waals surface area contributed by atoms with E-state index in [1.165, 1.54) is 12.1 Å². The molecule has 0 aliphatic carbocycles. The number of rotatable bonds is 6. The zero-order valence-electron chi connectivity index (χ0n) is 20.1. The first-order valence-corrected chi connectivity index (χ1v) is 11.9. The molecule has 0 unspecified atom stereocenters. The number of fused-ring (bicyclic) bond motifs is 1. The van der Waals surface area contributed by atoms with Gasteiger partial charge in [0, 0.05) is 18.7 Å². The number of nitrogen functional groups attached to an aromatic ring is 1. The minimum Gasteiger partial charge on any atom is -0.497 e. The SMILES string of the molecule is CCOC(=O)[C@@H]1CCCN(c2nc(-c3cccc(F)c3)c3c(N)n(-c4ccc(OC)cc4)nc3n2)C1. The van der Waals surface area contributed by atoms with Crippen LogP contribution in [0.3, 0.4) is 0 Å². The van der Waals surface area contributed by atoms with Crippen molar-refractivity contribution in [2.45, 2.75) is 19.8 Å². The lowest BCUT2D eigenvalue weighted by molar-refractivity contribution is -0.148. The predicted molar refractivity (Wildman–Crippen MR) is 135 cm³/mol. The first-order chi connectivity index (χ1) is 17.5. The fraction of sp³-hybridized carbons (Fsp3) is 0.308. The molecule has 2 aromatic heterocycles. The number of esters is 1. The van der Waals surface area contributed by atoms with E-state index < -0.39 is 0 Å². The fourth-order valence-electron chi connectivity index (χ4n) is 4.52. The summed E-state index contributed by atoms with van der Waals surface area (Å²) in [5.74, 6) is 0.582. The Morgan fingerprint density at radius 1 is 1.19 bits per heavy atom. The van der Waals surface area contributed by atoms with Gasteiger partial charge >= 0.3 is 5.97 Å². The molecule has 1 aliphatic rings. The molecule has 0 bridgehead atoms. The van der Waals surface area contributed by atoms with E-state index in [1.54, 1.807) is 30.8 Å². The maximum atomic E-state index is 14.2. The number of hydrogen-bond acceptors (Lipinski definition) is 8. The van der Waals surface area contributed by atoms with Crippen molar-refractivity contribution in [2.24, 2.45) is 5.92 Å². The molecule has 0 radical (unpaired) electrons. The highest BCUT2D eigenvalue weighted by molar-refractivity contribution is 5.99. The highest BCUT2D eigenvalue weighted by Gasteiger charge is 2.29. The van der Waals surface area contributed by atoms with Crippen LogP contribution in [-0.2, 0) is 9.53 Å². The average Bonchev–Trinajstić information content (AvgIpc) is 3.24. The first kappa shape index (κ1) is 23.5. The highest BCUT2D eigenvalue weighted by Crippen LogP contribution is 2.34. The van der Waals surface area contributed by atoms with Crippen LogP contribution in [0.2, 0.25) is 0 Å². The zero-order valence-corrected chi connectivity index (χ0v) is 20.1. The van der Waals surface area contributed by atoms with Crippen molar-refractivity contribution in [3.63, 3.8) is 0 Å². The van der Waals surface area contributed by atoms with Crippen LogP contribution in [0, 0.1) is 11.7 Å². The summed E-state index contributed by atoms with van der Waals surface area (Å²) in [5.41, 5.74) is 8.70. The molecule has 9 nitrogen and oxygen atoms in total. The van der Waals surface area contributed by atoms with Gasteiger partial charge in [-0.15, -0.1) is 5.10 Å². The van der Waals surface area contributed by atoms with Crippen molar-refractivity contribution >= 4 is 28.8 Å². The van der Waals surface area contributed by atoms with Crippen LogP contribution in [0.15, 0.2) is 48.5 Å². The number of halogens is 1. The van der Waals surface area contributed by atoms with Crippen LogP contribution >= 0.6 is 0 Å². The maximum Gasteiger partial charge on any atom is 0.310 e. The van der Waals surface area contributed by atoms with Gasteiger partial charge in [-0.2, -0.15) is 4.98 Å². The summed E-state index contributed by atoms with van der Waals surface area (Å²) >= 11 is 0. The third-order valence-electron chi connectivity index (χ3n) is 6.30. The number of benzene rings is 2. The molecule has 4 aromatic rings. The fourth-order valence-corrected chi connectivity index (χ4v) is 4.52. The molecular weight excluding hydrogens is 463 g/mol. The van der Waals surface area contributed by atoms with Crippen molar-refractivity contribution in [3.8, 4) is 22.7 Å². The average molecular weight is 491 g/mol. The van der Waals surface area contributed by atoms with Gasteiger partial charge in [-0.3, -0.25) is 4.79 Å². The summed E-state index contributed by atoms with van der Waals surface area (Å²) in [7, 11) is 1.60. The Morgan fingerprint density at radius 2 is 2.00 bits per heavy atom. The number of aromatic nitrogens is 4. The maximum absolute atomic E-state index is 14.2. The number of carbonyl (C=O) groups is 1. The second-order valence-electron chi connectivity index (χ2n) is 8.61. The molecule has 10 heteroatoms. The third-order valence-corrected chi connectivity index (χ3v) is 6.30. The first-order valence-electron chi connectivity index (χ1n) is 11.9. The predicted octanol–water partition coefficient (Wildman–Crippen LogP) is 3.99. The summed E-state index contributed by atoms with van der Waals surface area (Å²) in [5, 5.41) is 5.20. The molecule has 2 N–H and O–H groups in total. The number of anilines is 2. The van der Waals surface area contributed by atoms with Gasteiger partial charge in [0.05, 0.1) is 36.4 Å². The van der Waals surface area contributed by atoms with E-state index in [0.717, 1.165) is 18.5 Å². The number of piperidine rings is 1. The van der Waals surface area contributed by atoms with Gasteiger partial charge < -0.3 is 20.1 Å². The number of methoxy groups -OCH3 is 1. The van der Waals surface area contributed by atoms with Crippen LogP contribution in [0.25, 0.3) is 28.0 Å². The van der Waals surface area contributed by atoms with Gasteiger partial charge in [-0.1, -0.05) is 12.1 Å². The van der Waals surface area contributed by atoms with E-state index in [0.29, 0.717) is 59.5 Å².